The fourth-order valence-corrected chi connectivity index (χ4v) is 3.32. The number of rotatable bonds is 2. The first-order valence-corrected chi connectivity index (χ1v) is 8.83. The summed E-state index contributed by atoms with van der Waals surface area (Å²) in [6, 6.07) is 22.6. The highest BCUT2D eigenvalue weighted by atomic mass is 16.4. The van der Waals surface area contributed by atoms with Crippen molar-refractivity contribution in [1.82, 2.24) is 0 Å². The first kappa shape index (κ1) is 19.1. The van der Waals surface area contributed by atoms with Gasteiger partial charge in [-0.05, 0) is 52.6 Å². The molecule has 4 aromatic rings. The summed E-state index contributed by atoms with van der Waals surface area (Å²) >= 11 is 0. The van der Waals surface area contributed by atoms with Crippen molar-refractivity contribution in [2.24, 2.45) is 0 Å². The number of aromatic carboxylic acids is 2. The molecule has 0 saturated heterocycles. The molecule has 0 fully saturated rings. The van der Waals surface area contributed by atoms with Gasteiger partial charge in [0.1, 0.15) is 0 Å². The second-order valence-electron chi connectivity index (χ2n) is 6.55. The van der Waals surface area contributed by atoms with Gasteiger partial charge in [-0.15, -0.1) is 0 Å². The fourth-order valence-electron chi connectivity index (χ4n) is 3.32. The Morgan fingerprint density at radius 2 is 1.18 bits per heavy atom. The molecule has 4 heteroatoms. The molecule has 0 heterocycles. The minimum atomic E-state index is -0.867. The van der Waals surface area contributed by atoms with E-state index < -0.39 is 11.9 Å². The maximum Gasteiger partial charge on any atom is 0.336 e. The van der Waals surface area contributed by atoms with Crippen molar-refractivity contribution < 1.29 is 19.8 Å². The third-order valence-corrected chi connectivity index (χ3v) is 4.78. The smallest absolute Gasteiger partial charge is 0.336 e. The number of hydrogen-bond donors (Lipinski definition) is 2. The number of hydrogen-bond acceptors (Lipinski definition) is 2. The van der Waals surface area contributed by atoms with Gasteiger partial charge >= 0.3 is 11.9 Å². The lowest BCUT2D eigenvalue weighted by molar-refractivity contribution is 0.0686. The van der Waals surface area contributed by atoms with Crippen LogP contribution in [0, 0.1) is 13.8 Å². The van der Waals surface area contributed by atoms with E-state index in [1.165, 1.54) is 0 Å². The number of carboxylic acids is 2. The van der Waals surface area contributed by atoms with Crippen LogP contribution in [0.15, 0.2) is 72.8 Å². The van der Waals surface area contributed by atoms with Gasteiger partial charge in [0, 0.05) is 0 Å². The van der Waals surface area contributed by atoms with Crippen molar-refractivity contribution in [3.05, 3.63) is 95.1 Å². The van der Waals surface area contributed by atoms with Gasteiger partial charge in [-0.2, -0.15) is 0 Å². The number of carbonyl (C=O) groups is 2. The summed E-state index contributed by atoms with van der Waals surface area (Å²) in [5.74, 6) is -1.73. The highest BCUT2D eigenvalue weighted by Crippen LogP contribution is 2.22. The van der Waals surface area contributed by atoms with Gasteiger partial charge in [0.2, 0.25) is 0 Å². The van der Waals surface area contributed by atoms with Crippen LogP contribution in [0.5, 0.6) is 0 Å². The van der Waals surface area contributed by atoms with E-state index in [1.54, 1.807) is 6.07 Å². The lowest BCUT2D eigenvalue weighted by Gasteiger charge is -2.05. The van der Waals surface area contributed by atoms with Gasteiger partial charge < -0.3 is 10.2 Å². The van der Waals surface area contributed by atoms with Gasteiger partial charge in [-0.25, -0.2) is 9.59 Å². The maximum absolute atomic E-state index is 11.0. The van der Waals surface area contributed by atoms with E-state index in [9.17, 15) is 9.59 Å². The van der Waals surface area contributed by atoms with Gasteiger partial charge in [0.05, 0.1) is 11.1 Å². The number of benzene rings is 4. The molecule has 0 radical (unpaired) electrons. The van der Waals surface area contributed by atoms with Crippen LogP contribution in [-0.2, 0) is 0 Å². The first-order chi connectivity index (χ1) is 13.4. The Bertz CT molecular complexity index is 1190. The lowest BCUT2D eigenvalue weighted by Crippen LogP contribution is -2.00. The minimum Gasteiger partial charge on any atom is -0.478 e. The Hall–Kier alpha value is -3.66. The Morgan fingerprint density at radius 3 is 1.79 bits per heavy atom. The van der Waals surface area contributed by atoms with Gasteiger partial charge in [-0.3, -0.25) is 0 Å². The predicted molar refractivity (Wildman–Crippen MR) is 111 cm³/mol. The summed E-state index contributed by atoms with van der Waals surface area (Å²) in [6.07, 6.45) is 0. The molecule has 2 N–H and O–H groups in total. The molecule has 140 valence electrons. The normalized spacial score (nSPS) is 10.4. The van der Waals surface area contributed by atoms with Crippen molar-refractivity contribution in [2.75, 3.05) is 0 Å². The van der Waals surface area contributed by atoms with Gasteiger partial charge in [0.25, 0.3) is 0 Å². The molecule has 0 bridgehead atoms. The molecular weight excluding hydrogens is 352 g/mol. The highest BCUT2D eigenvalue weighted by Gasteiger charge is 2.10. The maximum atomic E-state index is 11.0. The summed E-state index contributed by atoms with van der Waals surface area (Å²) < 4.78 is 0. The van der Waals surface area contributed by atoms with Crippen molar-refractivity contribution in [3.63, 3.8) is 0 Å². The molecule has 0 aliphatic carbocycles. The van der Waals surface area contributed by atoms with Crippen LogP contribution in [0.25, 0.3) is 21.5 Å². The molecule has 0 saturated carbocycles. The van der Waals surface area contributed by atoms with E-state index in [0.717, 1.165) is 32.7 Å². The molecule has 4 aromatic carbocycles. The molecule has 4 rings (SSSR count). The van der Waals surface area contributed by atoms with E-state index in [0.29, 0.717) is 11.1 Å². The molecule has 0 aliphatic rings. The van der Waals surface area contributed by atoms with Crippen LogP contribution >= 0.6 is 0 Å². The van der Waals surface area contributed by atoms with Crippen LogP contribution in [-0.4, -0.2) is 22.2 Å². The van der Waals surface area contributed by atoms with Crippen molar-refractivity contribution in [1.29, 1.82) is 0 Å². The number of carboxylic acid groups (broad SMARTS) is 2. The number of aryl methyl sites for hydroxylation is 2. The molecule has 0 aliphatic heterocycles. The standard InChI is InChI=1S/2C12H10O2/c1-8-10-5-3-2-4-9(10)6-7-11(8)12(13)14;1-8-6-7-9-4-2-3-5-10(9)11(8)12(13)14/h2*2-7H,1H3,(H,13,14). The molecule has 28 heavy (non-hydrogen) atoms. The van der Waals surface area contributed by atoms with E-state index in [2.05, 4.69) is 0 Å². The van der Waals surface area contributed by atoms with Crippen molar-refractivity contribution >= 4 is 33.5 Å². The van der Waals surface area contributed by atoms with Gasteiger partial charge in [0.15, 0.2) is 0 Å². The zero-order chi connectivity index (χ0) is 20.3. The second kappa shape index (κ2) is 7.92. The monoisotopic (exact) mass is 372 g/mol. The molecule has 0 spiro atoms. The Balaban J connectivity index is 0.000000161. The average molecular weight is 372 g/mol. The number of fused-ring (bicyclic) bond motifs is 2. The predicted octanol–water partition coefficient (Wildman–Crippen LogP) is 5.69. The zero-order valence-electron chi connectivity index (χ0n) is 15.6. The zero-order valence-corrected chi connectivity index (χ0v) is 15.6. The van der Waals surface area contributed by atoms with Crippen molar-refractivity contribution in [2.45, 2.75) is 13.8 Å². The topological polar surface area (TPSA) is 74.6 Å². The van der Waals surface area contributed by atoms with Crippen molar-refractivity contribution in [3.8, 4) is 0 Å². The van der Waals surface area contributed by atoms with E-state index in [4.69, 9.17) is 10.2 Å². The summed E-state index contributed by atoms with van der Waals surface area (Å²) in [5.41, 5.74) is 2.42. The van der Waals surface area contributed by atoms with E-state index >= 15 is 0 Å². The minimum absolute atomic E-state index is 0.378. The Morgan fingerprint density at radius 1 is 0.643 bits per heavy atom. The molecule has 0 atom stereocenters. The van der Waals surface area contributed by atoms with Crippen LogP contribution in [0.2, 0.25) is 0 Å². The Kier molecular flexibility index (Phi) is 5.41. The third kappa shape index (κ3) is 3.71. The summed E-state index contributed by atoms with van der Waals surface area (Å²) in [5, 5.41) is 21.8. The molecule has 0 unspecified atom stereocenters. The van der Waals surface area contributed by atoms with Crippen LogP contribution in [0.1, 0.15) is 31.8 Å². The second-order valence-corrected chi connectivity index (χ2v) is 6.55. The van der Waals surface area contributed by atoms with E-state index in [-0.39, 0.29) is 0 Å². The van der Waals surface area contributed by atoms with E-state index in [1.807, 2.05) is 80.6 Å². The lowest BCUT2D eigenvalue weighted by atomic mass is 10.00. The van der Waals surface area contributed by atoms with Crippen LogP contribution < -0.4 is 0 Å². The quantitative estimate of drug-likeness (QED) is 0.474. The third-order valence-electron chi connectivity index (χ3n) is 4.78. The molecule has 4 nitrogen and oxygen atoms in total. The van der Waals surface area contributed by atoms with Gasteiger partial charge in [-0.1, -0.05) is 66.7 Å². The highest BCUT2D eigenvalue weighted by molar-refractivity contribution is 6.05. The van der Waals surface area contributed by atoms with Crippen LogP contribution in [0.3, 0.4) is 0 Å². The average Bonchev–Trinajstić information content (AvgIpc) is 2.68. The SMILES string of the molecule is Cc1c(C(=O)O)ccc2ccccc12.Cc1ccc2ccccc2c1C(=O)O. The summed E-state index contributed by atoms with van der Waals surface area (Å²) in [7, 11) is 0. The van der Waals surface area contributed by atoms with Crippen LogP contribution in [0.4, 0.5) is 0 Å². The molecular formula is C24H20O4. The Labute approximate surface area is 162 Å². The molecule has 0 amide bonds. The summed E-state index contributed by atoms with van der Waals surface area (Å²) in [4.78, 5) is 21.9. The molecule has 0 aromatic heterocycles. The first-order valence-electron chi connectivity index (χ1n) is 8.83. The largest absolute Gasteiger partial charge is 0.478 e. The summed E-state index contributed by atoms with van der Waals surface area (Å²) in [6.45, 7) is 3.65. The fraction of sp³-hybridized carbons (Fsp3) is 0.0833.